The molecule has 86 valence electrons. The SMILES string of the molecule is C=C(c1cccc(OC)c1)c1ccccc1C. The molecule has 17 heavy (non-hydrogen) atoms. The lowest BCUT2D eigenvalue weighted by Crippen LogP contribution is -1.91. The first kappa shape index (κ1) is 11.5. The molecule has 0 spiro atoms. The Bertz CT molecular complexity index is 541. The summed E-state index contributed by atoms with van der Waals surface area (Å²) in [5.74, 6) is 0.859. The molecule has 0 bridgehead atoms. The number of rotatable bonds is 3. The van der Waals surface area contributed by atoms with Crippen LogP contribution in [-0.4, -0.2) is 7.11 Å². The van der Waals surface area contributed by atoms with Crippen LogP contribution in [0.2, 0.25) is 0 Å². The number of methoxy groups -OCH3 is 1. The Morgan fingerprint density at radius 2 is 1.82 bits per heavy atom. The first-order valence-electron chi connectivity index (χ1n) is 5.61. The molecular formula is C16H16O. The van der Waals surface area contributed by atoms with Crippen molar-refractivity contribution in [3.63, 3.8) is 0 Å². The molecule has 1 heteroatoms. The quantitative estimate of drug-likeness (QED) is 0.763. The van der Waals surface area contributed by atoms with Crippen molar-refractivity contribution in [3.8, 4) is 5.75 Å². The monoisotopic (exact) mass is 224 g/mol. The maximum absolute atomic E-state index is 5.23. The average molecular weight is 224 g/mol. The van der Waals surface area contributed by atoms with Gasteiger partial charge < -0.3 is 4.74 Å². The van der Waals surface area contributed by atoms with Crippen LogP contribution in [0, 0.1) is 6.92 Å². The van der Waals surface area contributed by atoms with Gasteiger partial charge in [-0.15, -0.1) is 0 Å². The third-order valence-corrected chi connectivity index (χ3v) is 2.89. The fraction of sp³-hybridized carbons (Fsp3) is 0.125. The van der Waals surface area contributed by atoms with Crippen molar-refractivity contribution in [1.29, 1.82) is 0 Å². The summed E-state index contributed by atoms with van der Waals surface area (Å²) in [5, 5.41) is 0. The minimum Gasteiger partial charge on any atom is -0.497 e. The molecule has 2 aromatic rings. The largest absolute Gasteiger partial charge is 0.497 e. The number of benzene rings is 2. The van der Waals surface area contributed by atoms with Crippen LogP contribution in [0.15, 0.2) is 55.1 Å². The first-order chi connectivity index (χ1) is 8.22. The predicted molar refractivity (Wildman–Crippen MR) is 72.3 cm³/mol. The van der Waals surface area contributed by atoms with Gasteiger partial charge in [-0.2, -0.15) is 0 Å². The van der Waals surface area contributed by atoms with E-state index in [-0.39, 0.29) is 0 Å². The second-order valence-electron chi connectivity index (χ2n) is 4.03. The third kappa shape index (κ3) is 2.39. The second kappa shape index (κ2) is 4.88. The molecule has 1 nitrogen and oxygen atoms in total. The molecule has 0 heterocycles. The van der Waals surface area contributed by atoms with Gasteiger partial charge in [0.25, 0.3) is 0 Å². The summed E-state index contributed by atoms with van der Waals surface area (Å²) in [4.78, 5) is 0. The van der Waals surface area contributed by atoms with Gasteiger partial charge in [0.15, 0.2) is 0 Å². The molecule has 0 amide bonds. The molecule has 0 aromatic heterocycles. The molecule has 0 N–H and O–H groups in total. The van der Waals surface area contributed by atoms with Gasteiger partial charge in [-0.3, -0.25) is 0 Å². The lowest BCUT2D eigenvalue weighted by Gasteiger charge is -2.10. The molecule has 0 unspecified atom stereocenters. The Morgan fingerprint density at radius 1 is 1.06 bits per heavy atom. The Balaban J connectivity index is 2.40. The highest BCUT2D eigenvalue weighted by Gasteiger charge is 2.05. The zero-order valence-corrected chi connectivity index (χ0v) is 10.2. The van der Waals surface area contributed by atoms with Crippen LogP contribution in [0.1, 0.15) is 16.7 Å². The van der Waals surface area contributed by atoms with Crippen LogP contribution in [0.4, 0.5) is 0 Å². The average Bonchev–Trinajstić information content (AvgIpc) is 2.38. The van der Waals surface area contributed by atoms with Gasteiger partial charge in [0.1, 0.15) is 5.75 Å². The minimum absolute atomic E-state index is 0.859. The molecule has 0 atom stereocenters. The van der Waals surface area contributed by atoms with Crippen molar-refractivity contribution in [2.45, 2.75) is 6.92 Å². The number of ether oxygens (including phenoxy) is 1. The topological polar surface area (TPSA) is 9.23 Å². The highest BCUT2D eigenvalue weighted by atomic mass is 16.5. The van der Waals surface area contributed by atoms with E-state index in [4.69, 9.17) is 4.74 Å². The van der Waals surface area contributed by atoms with Crippen molar-refractivity contribution in [2.75, 3.05) is 7.11 Å². The maximum Gasteiger partial charge on any atom is 0.119 e. The van der Waals surface area contributed by atoms with Gasteiger partial charge in [-0.1, -0.05) is 43.0 Å². The molecule has 2 rings (SSSR count). The van der Waals surface area contributed by atoms with E-state index in [0.717, 1.165) is 16.9 Å². The zero-order chi connectivity index (χ0) is 12.3. The van der Waals surface area contributed by atoms with Crippen LogP contribution >= 0.6 is 0 Å². The van der Waals surface area contributed by atoms with E-state index >= 15 is 0 Å². The van der Waals surface area contributed by atoms with Gasteiger partial charge in [0, 0.05) is 0 Å². The van der Waals surface area contributed by atoms with Crippen molar-refractivity contribution in [1.82, 2.24) is 0 Å². The van der Waals surface area contributed by atoms with Crippen LogP contribution < -0.4 is 4.74 Å². The maximum atomic E-state index is 5.23. The lowest BCUT2D eigenvalue weighted by molar-refractivity contribution is 0.414. The predicted octanol–water partition coefficient (Wildman–Crippen LogP) is 4.07. The number of aryl methyl sites for hydroxylation is 1. The minimum atomic E-state index is 0.859. The zero-order valence-electron chi connectivity index (χ0n) is 10.2. The summed E-state index contributed by atoms with van der Waals surface area (Å²) in [6.07, 6.45) is 0. The highest BCUT2D eigenvalue weighted by molar-refractivity contribution is 5.80. The Morgan fingerprint density at radius 3 is 2.53 bits per heavy atom. The summed E-state index contributed by atoms with van der Waals surface area (Å²) in [6, 6.07) is 16.3. The van der Waals surface area contributed by atoms with Crippen LogP contribution in [0.25, 0.3) is 5.57 Å². The summed E-state index contributed by atoms with van der Waals surface area (Å²) < 4.78 is 5.23. The second-order valence-corrected chi connectivity index (χ2v) is 4.03. The van der Waals surface area contributed by atoms with E-state index in [0.29, 0.717) is 0 Å². The normalized spacial score (nSPS) is 10.0. The molecule has 0 aliphatic rings. The Labute approximate surface area is 102 Å². The number of hydrogen-bond donors (Lipinski definition) is 0. The van der Waals surface area contributed by atoms with Crippen molar-refractivity contribution in [2.24, 2.45) is 0 Å². The molecule has 0 aliphatic heterocycles. The van der Waals surface area contributed by atoms with Crippen LogP contribution in [0.5, 0.6) is 5.75 Å². The van der Waals surface area contributed by atoms with E-state index in [1.54, 1.807) is 7.11 Å². The van der Waals surface area contributed by atoms with E-state index < -0.39 is 0 Å². The first-order valence-corrected chi connectivity index (χ1v) is 5.61. The molecule has 0 fully saturated rings. The lowest BCUT2D eigenvalue weighted by atomic mass is 9.96. The highest BCUT2D eigenvalue weighted by Crippen LogP contribution is 2.26. The standard InChI is InChI=1S/C16H16O/c1-12-7-4-5-10-16(12)13(2)14-8-6-9-15(11-14)17-3/h4-11H,2H2,1,3H3. The van der Waals surface area contributed by atoms with Crippen LogP contribution in [-0.2, 0) is 0 Å². The number of hydrogen-bond acceptors (Lipinski definition) is 1. The molecule has 2 aromatic carbocycles. The molecular weight excluding hydrogens is 208 g/mol. The molecule has 0 saturated carbocycles. The Hall–Kier alpha value is -2.02. The van der Waals surface area contributed by atoms with Gasteiger partial charge in [-0.25, -0.2) is 0 Å². The summed E-state index contributed by atoms with van der Waals surface area (Å²) in [7, 11) is 1.68. The van der Waals surface area contributed by atoms with Crippen molar-refractivity contribution in [3.05, 3.63) is 71.8 Å². The van der Waals surface area contributed by atoms with Gasteiger partial charge in [-0.05, 0) is 41.3 Å². The van der Waals surface area contributed by atoms with E-state index in [9.17, 15) is 0 Å². The van der Waals surface area contributed by atoms with E-state index in [2.05, 4.69) is 31.7 Å². The van der Waals surface area contributed by atoms with Gasteiger partial charge in [0.2, 0.25) is 0 Å². The Kier molecular flexibility index (Phi) is 3.29. The third-order valence-electron chi connectivity index (χ3n) is 2.89. The fourth-order valence-corrected chi connectivity index (χ4v) is 1.88. The molecule has 0 saturated heterocycles. The van der Waals surface area contributed by atoms with Gasteiger partial charge >= 0.3 is 0 Å². The summed E-state index contributed by atoms with van der Waals surface area (Å²) in [6.45, 7) is 6.27. The molecule has 0 radical (unpaired) electrons. The fourth-order valence-electron chi connectivity index (χ4n) is 1.88. The van der Waals surface area contributed by atoms with Gasteiger partial charge in [0.05, 0.1) is 7.11 Å². The summed E-state index contributed by atoms with van der Waals surface area (Å²) >= 11 is 0. The smallest absolute Gasteiger partial charge is 0.119 e. The van der Waals surface area contributed by atoms with Crippen LogP contribution in [0.3, 0.4) is 0 Å². The molecule has 0 aliphatic carbocycles. The summed E-state index contributed by atoms with van der Waals surface area (Å²) in [5.41, 5.74) is 4.54. The van der Waals surface area contributed by atoms with Crippen molar-refractivity contribution < 1.29 is 4.74 Å². The van der Waals surface area contributed by atoms with E-state index in [1.807, 2.05) is 30.3 Å². The van der Waals surface area contributed by atoms with E-state index in [1.165, 1.54) is 11.1 Å². The van der Waals surface area contributed by atoms with Crippen molar-refractivity contribution >= 4 is 5.57 Å².